The summed E-state index contributed by atoms with van der Waals surface area (Å²) >= 11 is 0. The first-order valence-corrected chi connectivity index (χ1v) is 6.13. The Hall–Kier alpha value is -2.45. The Kier molecular flexibility index (Phi) is 4.90. The summed E-state index contributed by atoms with van der Waals surface area (Å²) < 4.78 is 29.0. The highest BCUT2D eigenvalue weighted by molar-refractivity contribution is 6.23. The summed E-state index contributed by atoms with van der Waals surface area (Å²) in [7, 11) is 3.28. The summed E-state index contributed by atoms with van der Waals surface area (Å²) in [6.45, 7) is 2.00. The van der Waals surface area contributed by atoms with Crippen LogP contribution in [0.1, 0.15) is 13.8 Å². The summed E-state index contributed by atoms with van der Waals surface area (Å²) in [5, 5.41) is 11.0. The van der Waals surface area contributed by atoms with Crippen molar-refractivity contribution in [3.63, 3.8) is 0 Å². The number of carbonyl (C=O) groups is 2. The number of rotatable bonds is 6. The average Bonchev–Trinajstić information content (AvgIpc) is 2.47. The van der Waals surface area contributed by atoms with Crippen LogP contribution in [0.5, 0.6) is 0 Å². The molecule has 0 fully saturated rings. The zero-order valence-corrected chi connectivity index (χ0v) is 12.8. The fraction of sp³-hybridized carbons (Fsp3) is 0.538. The molecule has 0 aromatic rings. The number of ketones is 2. The Bertz CT molecular complexity index is 591. The zero-order chi connectivity index (χ0) is 17.2. The van der Waals surface area contributed by atoms with Gasteiger partial charge < -0.3 is 14.2 Å². The van der Waals surface area contributed by atoms with Crippen LogP contribution in [0.3, 0.4) is 0 Å². The standard InChI is InChI=1S/C13H16FNO7/c1-13(2,15(18)19)12(14)6-7(16)10(21-4)11(22-5)8(17)9(6)20-3/h12H,1-5H3. The van der Waals surface area contributed by atoms with Crippen LogP contribution in [0, 0.1) is 10.1 Å². The molecule has 0 heterocycles. The number of nitro groups is 1. The lowest BCUT2D eigenvalue weighted by molar-refractivity contribution is -0.567. The molecule has 0 bridgehead atoms. The third-order valence-electron chi connectivity index (χ3n) is 3.27. The zero-order valence-electron chi connectivity index (χ0n) is 12.8. The van der Waals surface area contributed by atoms with Crippen molar-refractivity contribution in [1.29, 1.82) is 0 Å². The summed E-state index contributed by atoms with van der Waals surface area (Å²) in [4.78, 5) is 34.6. The molecular formula is C13H16FNO7. The van der Waals surface area contributed by atoms with Crippen molar-refractivity contribution in [2.45, 2.75) is 25.6 Å². The number of hydrogen-bond donors (Lipinski definition) is 0. The maximum absolute atomic E-state index is 14.6. The summed E-state index contributed by atoms with van der Waals surface area (Å²) in [6, 6.07) is 0. The lowest BCUT2D eigenvalue weighted by atomic mass is 9.86. The van der Waals surface area contributed by atoms with Gasteiger partial charge in [0.25, 0.3) is 11.3 Å². The van der Waals surface area contributed by atoms with E-state index in [-0.39, 0.29) is 0 Å². The maximum atomic E-state index is 14.6. The monoisotopic (exact) mass is 317 g/mol. The molecule has 0 saturated heterocycles. The van der Waals surface area contributed by atoms with Crippen molar-refractivity contribution in [2.24, 2.45) is 0 Å². The minimum absolute atomic E-state index is 0.445. The molecule has 0 amide bonds. The third-order valence-corrected chi connectivity index (χ3v) is 3.27. The van der Waals surface area contributed by atoms with E-state index in [4.69, 9.17) is 14.2 Å². The SMILES string of the molecule is COC1=C(OC)C(=O)C(C(F)C(C)(C)[N+](=O)[O-])=C(OC)C1=O. The number of ether oxygens (including phenoxy) is 3. The number of allylic oxidation sites excluding steroid dienone is 1. The number of hydrogen-bond acceptors (Lipinski definition) is 7. The quantitative estimate of drug-likeness (QED) is 0.408. The van der Waals surface area contributed by atoms with E-state index < -0.39 is 51.1 Å². The van der Waals surface area contributed by atoms with Crippen LogP contribution in [0.4, 0.5) is 4.39 Å². The van der Waals surface area contributed by atoms with E-state index in [1.165, 1.54) is 0 Å². The molecule has 1 aliphatic carbocycles. The molecule has 1 rings (SSSR count). The number of carbonyl (C=O) groups excluding carboxylic acids is 2. The first-order chi connectivity index (χ1) is 10.1. The summed E-state index contributed by atoms with van der Waals surface area (Å²) in [5.41, 5.74) is -2.90. The van der Waals surface area contributed by atoms with Crippen molar-refractivity contribution in [2.75, 3.05) is 21.3 Å². The second-order valence-corrected chi connectivity index (χ2v) is 4.94. The van der Waals surface area contributed by atoms with Gasteiger partial charge in [-0.2, -0.15) is 0 Å². The Balaban J connectivity index is 3.54. The average molecular weight is 317 g/mol. The number of halogens is 1. The number of Topliss-reactive ketones (excluding diaryl/α,β-unsaturated/α-hetero) is 2. The van der Waals surface area contributed by atoms with Crippen molar-refractivity contribution in [1.82, 2.24) is 0 Å². The van der Waals surface area contributed by atoms with E-state index in [0.29, 0.717) is 0 Å². The molecule has 1 atom stereocenters. The van der Waals surface area contributed by atoms with E-state index in [0.717, 1.165) is 35.2 Å². The molecule has 0 radical (unpaired) electrons. The van der Waals surface area contributed by atoms with Crippen LogP contribution in [0.15, 0.2) is 22.9 Å². The lowest BCUT2D eigenvalue weighted by Crippen LogP contribution is -2.46. The van der Waals surface area contributed by atoms with Crippen LogP contribution in [0.2, 0.25) is 0 Å². The topological polar surface area (TPSA) is 105 Å². The molecule has 22 heavy (non-hydrogen) atoms. The van der Waals surface area contributed by atoms with Crippen LogP contribution in [-0.4, -0.2) is 49.5 Å². The van der Waals surface area contributed by atoms with E-state index in [1.54, 1.807) is 0 Å². The van der Waals surface area contributed by atoms with E-state index in [9.17, 15) is 24.1 Å². The van der Waals surface area contributed by atoms with Gasteiger partial charge in [0.2, 0.25) is 23.5 Å². The fourth-order valence-electron chi connectivity index (χ4n) is 1.91. The number of methoxy groups -OCH3 is 3. The molecule has 8 nitrogen and oxygen atoms in total. The Morgan fingerprint density at radius 2 is 1.41 bits per heavy atom. The molecule has 0 N–H and O–H groups in total. The van der Waals surface area contributed by atoms with E-state index in [1.807, 2.05) is 0 Å². The molecule has 0 spiro atoms. The number of nitrogens with zero attached hydrogens (tertiary/aromatic N) is 1. The van der Waals surface area contributed by atoms with Crippen molar-refractivity contribution >= 4 is 11.6 Å². The van der Waals surface area contributed by atoms with Crippen LogP contribution in [-0.2, 0) is 23.8 Å². The molecule has 0 aromatic carbocycles. The second-order valence-electron chi connectivity index (χ2n) is 4.94. The maximum Gasteiger partial charge on any atom is 0.266 e. The van der Waals surface area contributed by atoms with Gasteiger partial charge >= 0.3 is 0 Å². The van der Waals surface area contributed by atoms with Gasteiger partial charge in [0.1, 0.15) is 0 Å². The predicted octanol–water partition coefficient (Wildman–Crippen LogP) is 0.936. The Labute approximate surface area is 125 Å². The third kappa shape index (κ3) is 2.53. The van der Waals surface area contributed by atoms with Gasteiger partial charge in [0.05, 0.1) is 26.9 Å². The number of alkyl halides is 1. The summed E-state index contributed by atoms with van der Waals surface area (Å²) in [5.74, 6) is -3.55. The van der Waals surface area contributed by atoms with Gasteiger partial charge in [-0.15, -0.1) is 0 Å². The van der Waals surface area contributed by atoms with Crippen LogP contribution >= 0.6 is 0 Å². The molecule has 1 aliphatic rings. The molecule has 122 valence electrons. The molecule has 0 saturated carbocycles. The predicted molar refractivity (Wildman–Crippen MR) is 71.1 cm³/mol. The minimum atomic E-state index is -2.38. The fourth-order valence-corrected chi connectivity index (χ4v) is 1.91. The van der Waals surface area contributed by atoms with Crippen LogP contribution in [0.25, 0.3) is 0 Å². The molecule has 0 aromatic heterocycles. The van der Waals surface area contributed by atoms with Gasteiger partial charge in [-0.25, -0.2) is 4.39 Å². The van der Waals surface area contributed by atoms with Gasteiger partial charge in [-0.3, -0.25) is 19.7 Å². The first-order valence-electron chi connectivity index (χ1n) is 6.13. The lowest BCUT2D eigenvalue weighted by Gasteiger charge is -2.26. The normalized spacial score (nSPS) is 17.5. The van der Waals surface area contributed by atoms with Crippen molar-refractivity contribution in [3.05, 3.63) is 33.0 Å². The molecular weight excluding hydrogens is 301 g/mol. The highest BCUT2D eigenvalue weighted by Crippen LogP contribution is 2.34. The van der Waals surface area contributed by atoms with Gasteiger partial charge in [0.15, 0.2) is 5.76 Å². The Morgan fingerprint density at radius 3 is 1.77 bits per heavy atom. The van der Waals surface area contributed by atoms with Gasteiger partial charge in [-0.05, 0) is 0 Å². The summed E-state index contributed by atoms with van der Waals surface area (Å²) in [6.07, 6.45) is -2.38. The highest BCUT2D eigenvalue weighted by atomic mass is 19.1. The first kappa shape index (κ1) is 17.6. The Morgan fingerprint density at radius 1 is 1.00 bits per heavy atom. The highest BCUT2D eigenvalue weighted by Gasteiger charge is 2.51. The van der Waals surface area contributed by atoms with Crippen LogP contribution < -0.4 is 0 Å². The largest absolute Gasteiger partial charge is 0.492 e. The van der Waals surface area contributed by atoms with Gasteiger partial charge in [-0.1, -0.05) is 0 Å². The van der Waals surface area contributed by atoms with Gasteiger partial charge in [0, 0.05) is 18.8 Å². The molecule has 9 heteroatoms. The van der Waals surface area contributed by atoms with Crippen molar-refractivity contribution in [3.8, 4) is 0 Å². The minimum Gasteiger partial charge on any atom is -0.492 e. The van der Waals surface area contributed by atoms with E-state index in [2.05, 4.69) is 0 Å². The van der Waals surface area contributed by atoms with Crippen molar-refractivity contribution < 1.29 is 33.1 Å². The molecule has 1 unspecified atom stereocenters. The molecule has 0 aliphatic heterocycles. The smallest absolute Gasteiger partial charge is 0.266 e. The second kappa shape index (κ2) is 6.12. The van der Waals surface area contributed by atoms with E-state index >= 15 is 0 Å².